The summed E-state index contributed by atoms with van der Waals surface area (Å²) in [5.41, 5.74) is 7.00. The van der Waals surface area contributed by atoms with Crippen molar-refractivity contribution in [3.8, 4) is 5.75 Å². The second kappa shape index (κ2) is 11.8. The number of hydrogen-bond donors (Lipinski definition) is 2. The summed E-state index contributed by atoms with van der Waals surface area (Å²) in [6.07, 6.45) is -2.88. The first-order chi connectivity index (χ1) is 18.5. The standard InChI is InChI=1S/C22H23Cl2N5O10/c1-36-18(32)13(26-17(31)9-6-11(23)15(30)12(24)7-9)8-10-4-5-22(20(34)38-3)16(39-21(35)29(10)22)14(27-28-25)19(33)37-2/h6-7,10,13-14,16,30H,4-5,8H2,1-3H3,(H,26,31)/t10-,13+,14-,16+,22-/m1/s1. The van der Waals surface area contributed by atoms with Crippen molar-refractivity contribution in [1.29, 1.82) is 0 Å². The topological polar surface area (TPSA) is 207 Å². The Balaban J connectivity index is 1.95. The lowest BCUT2D eigenvalue weighted by Crippen LogP contribution is -2.60. The van der Waals surface area contributed by atoms with Crippen molar-refractivity contribution in [3.05, 3.63) is 38.2 Å². The predicted octanol–water partition coefficient (Wildman–Crippen LogP) is 2.11. The SMILES string of the molecule is COC(=O)[C@H](C[C@H]1CC[C@]2(C(=O)OC)[C@H]([C@@H](N=[N+]=[N-])C(=O)OC)OC(=O)N12)NC(=O)c1cc(Cl)c(O)c(Cl)c1. The number of rotatable bonds is 9. The van der Waals surface area contributed by atoms with Gasteiger partial charge in [0, 0.05) is 16.5 Å². The summed E-state index contributed by atoms with van der Waals surface area (Å²) in [5, 5.41) is 15.2. The number of phenols is 1. The van der Waals surface area contributed by atoms with Crippen LogP contribution in [0.2, 0.25) is 10.0 Å². The Labute approximate surface area is 230 Å². The zero-order valence-corrected chi connectivity index (χ0v) is 22.3. The zero-order valence-electron chi connectivity index (χ0n) is 20.8. The molecule has 0 bridgehead atoms. The number of ether oxygens (including phenoxy) is 4. The summed E-state index contributed by atoms with van der Waals surface area (Å²) in [6, 6.07) is -1.69. The smallest absolute Gasteiger partial charge is 0.411 e. The molecule has 5 atom stereocenters. The van der Waals surface area contributed by atoms with Crippen molar-refractivity contribution in [2.75, 3.05) is 21.3 Å². The molecule has 1 aromatic rings. The lowest BCUT2D eigenvalue weighted by atomic mass is 9.86. The molecule has 2 fully saturated rings. The molecule has 0 aromatic heterocycles. The molecule has 2 heterocycles. The molecule has 1 aromatic carbocycles. The number of nitrogens with zero attached hydrogens (tertiary/aromatic N) is 4. The minimum Gasteiger partial charge on any atom is -0.505 e. The highest BCUT2D eigenvalue weighted by Gasteiger charge is 2.69. The molecule has 0 unspecified atom stereocenters. The van der Waals surface area contributed by atoms with Crippen LogP contribution in [0.1, 0.15) is 29.6 Å². The summed E-state index contributed by atoms with van der Waals surface area (Å²) in [7, 11) is 3.18. The largest absolute Gasteiger partial charge is 0.505 e. The molecule has 2 saturated heterocycles. The molecular formula is C22H23Cl2N5O10. The summed E-state index contributed by atoms with van der Waals surface area (Å²) >= 11 is 11.8. The quantitative estimate of drug-likeness (QED) is 0.141. The van der Waals surface area contributed by atoms with Crippen molar-refractivity contribution >= 4 is 53.1 Å². The van der Waals surface area contributed by atoms with Gasteiger partial charge in [-0.1, -0.05) is 28.3 Å². The molecule has 2 aliphatic heterocycles. The molecule has 0 spiro atoms. The lowest BCUT2D eigenvalue weighted by molar-refractivity contribution is -0.157. The number of hydrogen-bond acceptors (Lipinski definition) is 11. The van der Waals surface area contributed by atoms with Crippen LogP contribution in [0.15, 0.2) is 17.2 Å². The maximum absolute atomic E-state index is 13.1. The molecular weight excluding hydrogens is 565 g/mol. The molecule has 0 saturated carbocycles. The van der Waals surface area contributed by atoms with Crippen LogP contribution in [0.3, 0.4) is 0 Å². The monoisotopic (exact) mass is 587 g/mol. The highest BCUT2D eigenvalue weighted by molar-refractivity contribution is 6.37. The third-order valence-corrected chi connectivity index (χ3v) is 7.15. The zero-order chi connectivity index (χ0) is 29.1. The van der Waals surface area contributed by atoms with Crippen molar-refractivity contribution in [1.82, 2.24) is 10.2 Å². The van der Waals surface area contributed by atoms with E-state index in [2.05, 4.69) is 20.1 Å². The normalized spacial score (nSPS) is 23.0. The van der Waals surface area contributed by atoms with Crippen LogP contribution in [-0.4, -0.2) is 91.0 Å². The van der Waals surface area contributed by atoms with Gasteiger partial charge in [0.25, 0.3) is 5.91 Å². The van der Waals surface area contributed by atoms with Gasteiger partial charge in [-0.25, -0.2) is 14.4 Å². The Morgan fingerprint density at radius 1 is 1.21 bits per heavy atom. The number of esters is 3. The van der Waals surface area contributed by atoms with Gasteiger partial charge in [0.1, 0.15) is 6.04 Å². The van der Waals surface area contributed by atoms with Crippen molar-refractivity contribution in [2.24, 2.45) is 5.11 Å². The number of carbonyl (C=O) groups is 5. The number of cyclic esters (lactones) is 1. The molecule has 210 valence electrons. The molecule has 17 heteroatoms. The van der Waals surface area contributed by atoms with Gasteiger partial charge in [-0.15, -0.1) is 0 Å². The number of nitrogens with one attached hydrogen (secondary N) is 1. The number of amides is 2. The first kappa shape index (κ1) is 29.6. The fourth-order valence-corrected chi connectivity index (χ4v) is 5.32. The van der Waals surface area contributed by atoms with Gasteiger partial charge in [-0.3, -0.25) is 14.5 Å². The highest BCUT2D eigenvalue weighted by Crippen LogP contribution is 2.47. The summed E-state index contributed by atoms with van der Waals surface area (Å²) in [5.74, 6) is -4.11. The van der Waals surface area contributed by atoms with E-state index in [1.807, 2.05) is 0 Å². The average molecular weight is 588 g/mol. The molecule has 2 amide bonds. The van der Waals surface area contributed by atoms with Crippen molar-refractivity contribution in [3.63, 3.8) is 0 Å². The number of halogens is 2. The Hall–Kier alpha value is -3.94. The van der Waals surface area contributed by atoms with E-state index in [4.69, 9.17) is 42.9 Å². The Morgan fingerprint density at radius 3 is 2.36 bits per heavy atom. The van der Waals surface area contributed by atoms with E-state index in [0.717, 1.165) is 38.4 Å². The number of phenolic OH excluding ortho intramolecular Hbond substituents is 1. The van der Waals surface area contributed by atoms with Crippen LogP contribution in [0.25, 0.3) is 10.4 Å². The molecule has 0 aliphatic carbocycles. The number of benzene rings is 1. The molecule has 39 heavy (non-hydrogen) atoms. The van der Waals surface area contributed by atoms with E-state index in [0.29, 0.717) is 0 Å². The highest BCUT2D eigenvalue weighted by atomic mass is 35.5. The fourth-order valence-electron chi connectivity index (χ4n) is 4.83. The van der Waals surface area contributed by atoms with Crippen LogP contribution in [-0.2, 0) is 33.3 Å². The van der Waals surface area contributed by atoms with Crippen molar-refractivity contribution in [2.45, 2.75) is 49.0 Å². The van der Waals surface area contributed by atoms with Gasteiger partial charge in [0.05, 0.1) is 31.4 Å². The van der Waals surface area contributed by atoms with E-state index in [-0.39, 0.29) is 34.9 Å². The first-order valence-corrected chi connectivity index (χ1v) is 12.0. The van der Waals surface area contributed by atoms with Gasteiger partial charge in [0.15, 0.2) is 23.4 Å². The third kappa shape index (κ3) is 5.33. The second-order valence-electron chi connectivity index (χ2n) is 8.53. The number of azide groups is 1. The Kier molecular flexibility index (Phi) is 8.99. The van der Waals surface area contributed by atoms with Gasteiger partial charge < -0.3 is 29.4 Å². The van der Waals surface area contributed by atoms with E-state index in [9.17, 15) is 29.1 Å². The minimum absolute atomic E-state index is 0.0806. The van der Waals surface area contributed by atoms with Gasteiger partial charge in [0.2, 0.25) is 0 Å². The van der Waals surface area contributed by atoms with Gasteiger partial charge in [-0.05, 0) is 36.9 Å². The third-order valence-electron chi connectivity index (χ3n) is 6.57. The number of carbonyl (C=O) groups excluding carboxylic acids is 5. The maximum Gasteiger partial charge on any atom is 0.411 e. The van der Waals surface area contributed by atoms with E-state index in [1.54, 1.807) is 0 Å². The number of aromatic hydroxyl groups is 1. The Bertz CT molecular complexity index is 1230. The van der Waals surface area contributed by atoms with Crippen LogP contribution in [0.4, 0.5) is 4.79 Å². The van der Waals surface area contributed by atoms with E-state index in [1.165, 1.54) is 0 Å². The van der Waals surface area contributed by atoms with E-state index >= 15 is 0 Å². The average Bonchev–Trinajstić information content (AvgIpc) is 3.44. The molecule has 3 rings (SSSR count). The molecule has 2 N–H and O–H groups in total. The van der Waals surface area contributed by atoms with Crippen LogP contribution >= 0.6 is 23.2 Å². The maximum atomic E-state index is 13.1. The molecule has 0 radical (unpaired) electrons. The predicted molar refractivity (Wildman–Crippen MR) is 131 cm³/mol. The number of methoxy groups -OCH3 is 3. The molecule has 15 nitrogen and oxygen atoms in total. The van der Waals surface area contributed by atoms with Crippen LogP contribution in [0.5, 0.6) is 5.75 Å². The fraction of sp³-hybridized carbons (Fsp3) is 0.500. The van der Waals surface area contributed by atoms with Crippen molar-refractivity contribution < 1.29 is 48.0 Å². The summed E-state index contributed by atoms with van der Waals surface area (Å²) in [6.45, 7) is 0. The first-order valence-electron chi connectivity index (χ1n) is 11.2. The summed E-state index contributed by atoms with van der Waals surface area (Å²) in [4.78, 5) is 67.6. The number of fused-ring (bicyclic) bond motifs is 1. The summed E-state index contributed by atoms with van der Waals surface area (Å²) < 4.78 is 19.7. The van der Waals surface area contributed by atoms with E-state index < -0.39 is 65.4 Å². The Morgan fingerprint density at radius 2 is 1.82 bits per heavy atom. The second-order valence-corrected chi connectivity index (χ2v) is 9.34. The minimum atomic E-state index is -1.90. The van der Waals surface area contributed by atoms with Crippen LogP contribution < -0.4 is 5.32 Å². The van der Waals surface area contributed by atoms with Gasteiger partial charge in [-0.2, -0.15) is 0 Å². The van der Waals surface area contributed by atoms with Crippen LogP contribution in [0, 0.1) is 0 Å². The lowest BCUT2D eigenvalue weighted by Gasteiger charge is -2.34. The van der Waals surface area contributed by atoms with Gasteiger partial charge >= 0.3 is 24.0 Å². The molecule has 2 aliphatic rings.